The van der Waals surface area contributed by atoms with Crippen molar-refractivity contribution in [3.8, 4) is 0 Å². The molecule has 1 aliphatic heterocycles. The van der Waals surface area contributed by atoms with Crippen molar-refractivity contribution in [3.63, 3.8) is 0 Å². The Hall–Kier alpha value is -0.940. The topological polar surface area (TPSA) is 32.8 Å². The summed E-state index contributed by atoms with van der Waals surface area (Å²) in [5.41, 5.74) is -1.42. The first-order chi connectivity index (χ1) is 12.8. The molecule has 21 heavy (non-hydrogen) atoms. The number of benzene rings is 1. The molecule has 0 unspecified atom stereocenters. The maximum absolute atomic E-state index is 12.6. The highest BCUT2D eigenvalue weighted by Gasteiger charge is 2.26. The smallest absolute Gasteiger partial charge is 0.410 e. The number of anilines is 1. The van der Waals surface area contributed by atoms with Gasteiger partial charge in [-0.2, -0.15) is 0 Å². The molecule has 1 aliphatic rings. The Morgan fingerprint density at radius 2 is 1.95 bits per heavy atom. The minimum Gasteiger partial charge on any atom is -0.444 e. The second-order valence-corrected chi connectivity index (χ2v) is 6.52. The van der Waals surface area contributed by atoms with E-state index in [1.165, 1.54) is 39.0 Å². The minimum absolute atomic E-state index is 0.135. The predicted molar refractivity (Wildman–Crippen MR) is 89.2 cm³/mol. The quantitative estimate of drug-likeness (QED) is 0.730. The van der Waals surface area contributed by atoms with E-state index in [-0.39, 0.29) is 20.5 Å². The molecule has 2 rings (SSSR count). The van der Waals surface area contributed by atoms with Crippen LogP contribution in [0.5, 0.6) is 0 Å². The first-order valence-corrected chi connectivity index (χ1v) is 7.24. The Kier molecular flexibility index (Phi) is 2.65. The average Bonchev–Trinajstić information content (AvgIpc) is 2.45. The lowest BCUT2D eigenvalue weighted by Gasteiger charge is -2.37. The fourth-order valence-corrected chi connectivity index (χ4v) is 2.20. The van der Waals surface area contributed by atoms with Crippen molar-refractivity contribution in [2.75, 3.05) is 30.9 Å². The first kappa shape index (κ1) is 8.63. The highest BCUT2D eigenvalue weighted by atomic mass is 79.9. The molecule has 0 N–H and O–H groups in total. The molecule has 1 amide bonds. The van der Waals surface area contributed by atoms with Crippen LogP contribution in [0.15, 0.2) is 22.7 Å². The Bertz CT molecular complexity index is 803. The van der Waals surface area contributed by atoms with Gasteiger partial charge in [-0.15, -0.1) is 0 Å². The van der Waals surface area contributed by atoms with Crippen molar-refractivity contribution in [2.45, 2.75) is 26.4 Å². The second kappa shape index (κ2) is 6.44. The van der Waals surface area contributed by atoms with Gasteiger partial charge in [-0.25, -0.2) is 4.79 Å². The number of ether oxygens (including phenoxy) is 1. The number of amides is 1. The van der Waals surface area contributed by atoms with Gasteiger partial charge in [0.05, 0.1) is 21.7 Å². The molecule has 4 nitrogen and oxygen atoms in total. The molecule has 6 heteroatoms. The van der Waals surface area contributed by atoms with E-state index in [0.29, 0.717) is 4.47 Å². The van der Waals surface area contributed by atoms with Crippen molar-refractivity contribution in [3.05, 3.63) is 27.7 Å². The lowest BCUT2D eigenvalue weighted by atomic mass is 10.2. The van der Waals surface area contributed by atoms with Crippen LogP contribution in [0.3, 0.4) is 0 Å². The third-order valence-corrected chi connectivity index (χ3v) is 3.07. The molecule has 1 fully saturated rings. The summed E-state index contributed by atoms with van der Waals surface area (Å²) < 4.78 is 72.0. The SMILES string of the molecule is [2H]C1([2H])N(C(=O)OC(C)(C)C)C([2H])([2H])C([2H])([2H])N(c2ccc(Br)cc2Cl)C1([2H])[2H]. The minimum atomic E-state index is -3.33. The van der Waals surface area contributed by atoms with Crippen molar-refractivity contribution in [1.82, 2.24) is 4.90 Å². The van der Waals surface area contributed by atoms with Crippen LogP contribution in [0.1, 0.15) is 31.7 Å². The molecule has 0 spiro atoms. The number of nitrogens with zero attached hydrogens (tertiary/aromatic N) is 2. The standard InChI is InChI=1S/C15H20BrClN2O2/c1-15(2,3)21-14(20)19-8-6-18(7-9-19)13-5-4-11(16)10-12(13)17/h4-5,10H,6-9H2,1-3H3/i6D2,7D2,8D2,9D2. The fraction of sp³-hybridized carbons (Fsp3) is 0.533. The van der Waals surface area contributed by atoms with E-state index in [2.05, 4.69) is 15.9 Å². The van der Waals surface area contributed by atoms with Gasteiger partial charge in [-0.05, 0) is 39.0 Å². The van der Waals surface area contributed by atoms with Gasteiger partial charge in [0.15, 0.2) is 0 Å². The number of carbonyl (C=O) groups excluding carboxylic acids is 1. The summed E-state index contributed by atoms with van der Waals surface area (Å²) in [4.78, 5) is 12.7. The Morgan fingerprint density at radius 3 is 2.48 bits per heavy atom. The van der Waals surface area contributed by atoms with E-state index >= 15 is 0 Å². The third-order valence-electron chi connectivity index (χ3n) is 2.27. The molecular weight excluding hydrogens is 356 g/mol. The van der Waals surface area contributed by atoms with Gasteiger partial charge in [-0.3, -0.25) is 0 Å². The van der Waals surface area contributed by atoms with Crippen LogP contribution in [-0.4, -0.2) is 42.6 Å². The van der Waals surface area contributed by atoms with E-state index in [0.717, 1.165) is 0 Å². The van der Waals surface area contributed by atoms with Crippen molar-refractivity contribution < 1.29 is 20.5 Å². The van der Waals surface area contributed by atoms with Crippen LogP contribution in [0.4, 0.5) is 10.5 Å². The maximum Gasteiger partial charge on any atom is 0.410 e. The van der Waals surface area contributed by atoms with Gasteiger partial charge >= 0.3 is 6.09 Å². The number of hydrogen-bond donors (Lipinski definition) is 0. The van der Waals surface area contributed by atoms with Gasteiger partial charge in [-0.1, -0.05) is 27.5 Å². The Balaban J connectivity index is 2.74. The van der Waals surface area contributed by atoms with E-state index < -0.39 is 37.7 Å². The molecular formula is C15H20BrClN2O2. The molecule has 1 saturated heterocycles. The summed E-state index contributed by atoms with van der Waals surface area (Å²) in [5, 5.41) is -0.135. The molecule has 116 valence electrons. The normalized spacial score (nSPS) is 31.3. The van der Waals surface area contributed by atoms with Gasteiger partial charge in [0, 0.05) is 30.5 Å². The molecule has 0 saturated carbocycles. The molecule has 1 heterocycles. The summed E-state index contributed by atoms with van der Waals surface area (Å²) in [7, 11) is 0. The van der Waals surface area contributed by atoms with E-state index in [1.54, 1.807) is 0 Å². The lowest BCUT2D eigenvalue weighted by Crippen LogP contribution is -2.50. The van der Waals surface area contributed by atoms with Crippen molar-refractivity contribution in [2.24, 2.45) is 0 Å². The van der Waals surface area contributed by atoms with Crippen LogP contribution < -0.4 is 4.90 Å². The number of rotatable bonds is 1. The summed E-state index contributed by atoms with van der Waals surface area (Å²) in [6.45, 7) is -8.71. The Morgan fingerprint density at radius 1 is 1.33 bits per heavy atom. The molecule has 1 aromatic carbocycles. The number of carbonyl (C=O) groups is 1. The van der Waals surface area contributed by atoms with Crippen LogP contribution in [-0.2, 0) is 4.74 Å². The zero-order valence-electron chi connectivity index (χ0n) is 19.7. The van der Waals surface area contributed by atoms with Gasteiger partial charge < -0.3 is 14.5 Å². The first-order valence-electron chi connectivity index (χ1n) is 10.1. The zero-order chi connectivity index (χ0) is 22.8. The molecule has 0 aromatic heterocycles. The monoisotopic (exact) mass is 382 g/mol. The molecule has 0 atom stereocenters. The highest BCUT2D eigenvalue weighted by molar-refractivity contribution is 9.10. The summed E-state index contributed by atoms with van der Waals surface area (Å²) in [6.07, 6.45) is -1.53. The number of hydrogen-bond acceptors (Lipinski definition) is 3. The van der Waals surface area contributed by atoms with Gasteiger partial charge in [0.1, 0.15) is 5.60 Å². The van der Waals surface area contributed by atoms with Crippen molar-refractivity contribution in [1.29, 1.82) is 0 Å². The molecule has 1 aromatic rings. The molecule has 0 bridgehead atoms. The van der Waals surface area contributed by atoms with Gasteiger partial charge in [0.25, 0.3) is 0 Å². The molecule has 0 aliphatic carbocycles. The van der Waals surface area contributed by atoms with Crippen LogP contribution in [0, 0.1) is 0 Å². The highest BCUT2D eigenvalue weighted by Crippen LogP contribution is 2.29. The summed E-state index contributed by atoms with van der Waals surface area (Å²) in [6, 6.07) is 4.00. The third kappa shape index (κ3) is 4.51. The van der Waals surface area contributed by atoms with E-state index in [9.17, 15) is 4.79 Å². The van der Waals surface area contributed by atoms with Crippen LogP contribution >= 0.6 is 27.5 Å². The number of halogens is 2. The maximum atomic E-state index is 12.6. The fourth-order valence-electron chi connectivity index (χ4n) is 1.44. The zero-order valence-corrected chi connectivity index (χ0v) is 14.0. The predicted octanol–water partition coefficient (Wildman–Crippen LogP) is 4.16. The lowest BCUT2D eigenvalue weighted by molar-refractivity contribution is 0.0240. The van der Waals surface area contributed by atoms with E-state index in [4.69, 9.17) is 27.3 Å². The van der Waals surface area contributed by atoms with E-state index in [1.807, 2.05) is 0 Å². The second-order valence-electron chi connectivity index (χ2n) is 5.19. The Labute approximate surface area is 150 Å². The van der Waals surface area contributed by atoms with Gasteiger partial charge in [0.2, 0.25) is 0 Å². The summed E-state index contributed by atoms with van der Waals surface area (Å²) in [5.74, 6) is 0. The van der Waals surface area contributed by atoms with Crippen LogP contribution in [0.2, 0.25) is 5.02 Å². The average molecular weight is 384 g/mol. The largest absolute Gasteiger partial charge is 0.444 e. The van der Waals surface area contributed by atoms with Crippen LogP contribution in [0.25, 0.3) is 0 Å². The van der Waals surface area contributed by atoms with Crippen molar-refractivity contribution >= 4 is 39.3 Å². The molecule has 0 radical (unpaired) electrons. The number of piperazine rings is 1. The summed E-state index contributed by atoms with van der Waals surface area (Å²) >= 11 is 9.31.